The molecule has 0 spiro atoms. The van der Waals surface area contributed by atoms with Crippen LogP contribution in [0.15, 0.2) is 64.4 Å². The summed E-state index contributed by atoms with van der Waals surface area (Å²) in [7, 11) is 0. The molecule has 2 aromatic rings. The second-order valence-electron chi connectivity index (χ2n) is 3.83. The van der Waals surface area contributed by atoms with Crippen LogP contribution in [0.3, 0.4) is 0 Å². The zero-order valence-corrected chi connectivity index (χ0v) is 12.1. The molecule has 0 atom stereocenters. The highest BCUT2D eigenvalue weighted by atomic mass is 16.3. The minimum absolute atomic E-state index is 0.270. The van der Waals surface area contributed by atoms with E-state index in [1.807, 2.05) is 26.8 Å². The number of allylic oxidation sites excluding steroid dienone is 4. The molecular weight excluding hydrogens is 250 g/mol. The largest absolute Gasteiger partial charge is 0.437 e. The number of hydrogen-bond donors (Lipinski definition) is 0. The fraction of sp³-hybridized carbons (Fsp3) is 0.176. The lowest BCUT2D eigenvalue weighted by Gasteiger charge is -2.04. The zero-order valence-electron chi connectivity index (χ0n) is 12.1. The molecule has 0 aliphatic heterocycles. The zero-order chi connectivity index (χ0) is 15.1. The summed E-state index contributed by atoms with van der Waals surface area (Å²) >= 11 is 0. The van der Waals surface area contributed by atoms with Crippen LogP contribution in [-0.2, 0) is 0 Å². The molecule has 0 radical (unpaired) electrons. The quantitative estimate of drug-likeness (QED) is 0.777. The molecule has 0 unspecified atom stereocenters. The Bertz CT molecular complexity index is 708. The fourth-order valence-corrected chi connectivity index (χ4v) is 1.65. The van der Waals surface area contributed by atoms with Crippen molar-refractivity contribution in [2.24, 2.45) is 0 Å². The van der Waals surface area contributed by atoms with Gasteiger partial charge in [0.25, 0.3) is 5.56 Å². The number of nitrogens with zero attached hydrogens (tertiary/aromatic N) is 1. The van der Waals surface area contributed by atoms with Gasteiger partial charge in [-0.15, -0.1) is 0 Å². The van der Waals surface area contributed by atoms with E-state index in [2.05, 4.69) is 18.1 Å². The molecule has 1 aromatic carbocycles. The normalized spacial score (nSPS) is 11.2. The third-order valence-electron chi connectivity index (χ3n) is 2.69. The van der Waals surface area contributed by atoms with E-state index < -0.39 is 0 Å². The number of benzene rings is 1. The van der Waals surface area contributed by atoms with E-state index in [-0.39, 0.29) is 11.4 Å². The molecule has 1 heterocycles. The molecule has 3 heteroatoms. The Balaban J connectivity index is 0.000000956. The highest BCUT2D eigenvalue weighted by Gasteiger charge is 2.09. The van der Waals surface area contributed by atoms with E-state index in [1.165, 1.54) is 0 Å². The van der Waals surface area contributed by atoms with E-state index in [0.717, 1.165) is 5.57 Å². The van der Waals surface area contributed by atoms with Gasteiger partial charge in [0.15, 0.2) is 0 Å². The molecule has 0 bridgehead atoms. The van der Waals surface area contributed by atoms with Crippen LogP contribution in [0.1, 0.15) is 26.7 Å². The van der Waals surface area contributed by atoms with Crippen molar-refractivity contribution in [3.63, 3.8) is 0 Å². The predicted octanol–water partition coefficient (Wildman–Crippen LogP) is 4.36. The maximum absolute atomic E-state index is 11.9. The van der Waals surface area contributed by atoms with Gasteiger partial charge in [0.05, 0.1) is 5.39 Å². The molecule has 104 valence electrons. The Kier molecular flexibility index (Phi) is 5.66. The Morgan fingerprint density at radius 1 is 1.20 bits per heavy atom. The molecule has 2 rings (SSSR count). The van der Waals surface area contributed by atoms with Crippen LogP contribution in [0.5, 0.6) is 0 Å². The van der Waals surface area contributed by atoms with Crippen molar-refractivity contribution in [2.45, 2.75) is 20.8 Å². The smallest absolute Gasteiger partial charge is 0.284 e. The average molecular weight is 269 g/mol. The van der Waals surface area contributed by atoms with Crippen molar-refractivity contribution in [3.05, 3.63) is 71.4 Å². The SMILES string of the molecule is C=C/C(C)=C(\C=C)c1nc(=O)c2ccccc2o1.CC. The first-order valence-electron chi connectivity index (χ1n) is 6.53. The highest BCUT2D eigenvalue weighted by Crippen LogP contribution is 2.20. The lowest BCUT2D eigenvalue weighted by atomic mass is 10.1. The van der Waals surface area contributed by atoms with Crippen LogP contribution < -0.4 is 5.56 Å². The molecule has 0 fully saturated rings. The van der Waals surface area contributed by atoms with Gasteiger partial charge in [-0.05, 0) is 24.6 Å². The van der Waals surface area contributed by atoms with Gasteiger partial charge in [0.1, 0.15) is 5.58 Å². The van der Waals surface area contributed by atoms with Gasteiger partial charge >= 0.3 is 0 Å². The summed E-state index contributed by atoms with van der Waals surface area (Å²) in [6.45, 7) is 13.3. The van der Waals surface area contributed by atoms with Gasteiger partial charge in [-0.2, -0.15) is 4.98 Å². The molecule has 0 saturated carbocycles. The summed E-state index contributed by atoms with van der Waals surface area (Å²) in [6, 6.07) is 7.02. The first kappa shape index (κ1) is 15.6. The topological polar surface area (TPSA) is 43.1 Å². The number of para-hydroxylation sites is 1. The van der Waals surface area contributed by atoms with Gasteiger partial charge in [-0.3, -0.25) is 4.79 Å². The minimum atomic E-state index is -0.303. The summed E-state index contributed by atoms with van der Waals surface area (Å²) in [4.78, 5) is 15.8. The molecule has 0 aliphatic carbocycles. The van der Waals surface area contributed by atoms with Crippen molar-refractivity contribution in [2.75, 3.05) is 0 Å². The van der Waals surface area contributed by atoms with Gasteiger partial charge in [-0.1, -0.05) is 51.3 Å². The van der Waals surface area contributed by atoms with E-state index in [1.54, 1.807) is 30.4 Å². The average Bonchev–Trinajstić information content (AvgIpc) is 2.50. The number of aromatic nitrogens is 1. The van der Waals surface area contributed by atoms with E-state index in [4.69, 9.17) is 4.42 Å². The standard InChI is InChI=1S/C15H13NO2.C2H6/c1-4-10(3)11(5-2)15-16-14(17)12-8-6-7-9-13(12)18-15;1-2/h4-9H,1-2H2,3H3;1-2H3/b11-10+;. The Labute approximate surface area is 119 Å². The summed E-state index contributed by atoms with van der Waals surface area (Å²) in [5.41, 5.74) is 1.75. The maximum atomic E-state index is 11.9. The number of fused-ring (bicyclic) bond motifs is 1. The molecule has 3 nitrogen and oxygen atoms in total. The third-order valence-corrected chi connectivity index (χ3v) is 2.69. The van der Waals surface area contributed by atoms with Gasteiger partial charge in [-0.25, -0.2) is 0 Å². The van der Waals surface area contributed by atoms with E-state index in [9.17, 15) is 4.79 Å². The Morgan fingerprint density at radius 3 is 2.45 bits per heavy atom. The Hall–Kier alpha value is -2.42. The predicted molar refractivity (Wildman–Crippen MR) is 84.6 cm³/mol. The summed E-state index contributed by atoms with van der Waals surface area (Å²) in [5, 5.41) is 0.473. The molecule has 20 heavy (non-hydrogen) atoms. The summed E-state index contributed by atoms with van der Waals surface area (Å²) in [6.07, 6.45) is 3.28. The summed E-state index contributed by atoms with van der Waals surface area (Å²) < 4.78 is 5.63. The lowest BCUT2D eigenvalue weighted by molar-refractivity contribution is 0.559. The van der Waals surface area contributed by atoms with Crippen molar-refractivity contribution in [1.29, 1.82) is 0 Å². The minimum Gasteiger partial charge on any atom is -0.437 e. The van der Waals surface area contributed by atoms with E-state index >= 15 is 0 Å². The molecule has 0 N–H and O–H groups in total. The van der Waals surface area contributed by atoms with Crippen LogP contribution >= 0.6 is 0 Å². The third kappa shape index (κ3) is 3.12. The molecular formula is C17H19NO2. The van der Waals surface area contributed by atoms with Gasteiger partial charge < -0.3 is 4.42 Å². The summed E-state index contributed by atoms with van der Waals surface area (Å²) in [5.74, 6) is 0.270. The highest BCUT2D eigenvalue weighted by molar-refractivity contribution is 5.78. The van der Waals surface area contributed by atoms with Crippen molar-refractivity contribution in [3.8, 4) is 0 Å². The first-order chi connectivity index (χ1) is 9.67. The van der Waals surface area contributed by atoms with Crippen LogP contribution in [0.25, 0.3) is 16.5 Å². The van der Waals surface area contributed by atoms with Crippen molar-refractivity contribution in [1.82, 2.24) is 4.98 Å². The monoisotopic (exact) mass is 269 g/mol. The van der Waals surface area contributed by atoms with Crippen molar-refractivity contribution >= 4 is 16.5 Å². The van der Waals surface area contributed by atoms with Crippen molar-refractivity contribution < 1.29 is 4.42 Å². The second kappa shape index (κ2) is 7.24. The lowest BCUT2D eigenvalue weighted by Crippen LogP contribution is -2.08. The number of hydrogen-bond acceptors (Lipinski definition) is 3. The van der Waals surface area contributed by atoms with Crippen LogP contribution in [0.2, 0.25) is 0 Å². The maximum Gasteiger partial charge on any atom is 0.284 e. The van der Waals surface area contributed by atoms with E-state index in [0.29, 0.717) is 16.5 Å². The molecule has 0 saturated heterocycles. The van der Waals surface area contributed by atoms with Gasteiger partial charge in [0.2, 0.25) is 5.89 Å². The fourth-order valence-electron chi connectivity index (χ4n) is 1.65. The second-order valence-corrected chi connectivity index (χ2v) is 3.83. The van der Waals surface area contributed by atoms with Gasteiger partial charge in [0, 0.05) is 5.57 Å². The van der Waals surface area contributed by atoms with Crippen LogP contribution in [0, 0.1) is 0 Å². The van der Waals surface area contributed by atoms with Crippen LogP contribution in [0.4, 0.5) is 0 Å². The molecule has 0 amide bonds. The molecule has 0 aliphatic rings. The number of rotatable bonds is 3. The first-order valence-corrected chi connectivity index (χ1v) is 6.53. The Morgan fingerprint density at radius 2 is 1.85 bits per heavy atom. The van der Waals surface area contributed by atoms with Crippen LogP contribution in [-0.4, -0.2) is 4.98 Å². The molecule has 1 aromatic heterocycles.